The molecule has 0 bridgehead atoms. The van der Waals surface area contributed by atoms with E-state index in [9.17, 15) is 9.90 Å². The number of aliphatic hydroxyl groups is 1. The molecule has 0 radical (unpaired) electrons. The Morgan fingerprint density at radius 2 is 2.26 bits per heavy atom. The predicted molar refractivity (Wildman–Crippen MR) is 74.1 cm³/mol. The van der Waals surface area contributed by atoms with Crippen LogP contribution in [0.25, 0.3) is 0 Å². The lowest BCUT2D eigenvalue weighted by Gasteiger charge is -2.22. The largest absolute Gasteiger partial charge is 0.396 e. The molecule has 1 saturated heterocycles. The van der Waals surface area contributed by atoms with Crippen molar-refractivity contribution in [1.29, 1.82) is 0 Å². The summed E-state index contributed by atoms with van der Waals surface area (Å²) in [6, 6.07) is 0.0552. The van der Waals surface area contributed by atoms with Gasteiger partial charge in [0.15, 0.2) is 0 Å². The zero-order valence-electron chi connectivity index (χ0n) is 11.3. The average Bonchev–Trinajstić information content (AvgIpc) is 3.01. The highest BCUT2D eigenvalue weighted by atomic mass is 32.1. The van der Waals surface area contributed by atoms with E-state index in [0.29, 0.717) is 13.0 Å². The number of carbonyl (C=O) groups is 1. The molecule has 1 N–H and O–H groups in total. The van der Waals surface area contributed by atoms with Crippen molar-refractivity contribution >= 4 is 17.2 Å². The molecule has 104 valence electrons. The first-order chi connectivity index (χ1) is 9.19. The van der Waals surface area contributed by atoms with Gasteiger partial charge in [-0.3, -0.25) is 4.79 Å². The number of carbonyl (C=O) groups excluding carboxylic acids is 1. The maximum atomic E-state index is 12.0. The first-order valence-electron chi connectivity index (χ1n) is 7.08. The minimum Gasteiger partial charge on any atom is -0.396 e. The van der Waals surface area contributed by atoms with Crippen molar-refractivity contribution in [2.24, 2.45) is 5.92 Å². The summed E-state index contributed by atoms with van der Waals surface area (Å²) >= 11 is 1.77. The SMILES string of the molecule is CC(c1nc2c(s1)CCCC2)N1CC(CO)CC1=O. The van der Waals surface area contributed by atoms with Crippen molar-refractivity contribution in [1.82, 2.24) is 9.88 Å². The number of aryl methyl sites for hydroxylation is 2. The van der Waals surface area contributed by atoms with E-state index in [0.717, 1.165) is 17.8 Å². The molecule has 4 nitrogen and oxygen atoms in total. The van der Waals surface area contributed by atoms with Crippen molar-refractivity contribution in [3.8, 4) is 0 Å². The maximum absolute atomic E-state index is 12.0. The van der Waals surface area contributed by atoms with Crippen LogP contribution < -0.4 is 0 Å². The second-order valence-electron chi connectivity index (χ2n) is 5.60. The topological polar surface area (TPSA) is 53.4 Å². The molecule has 0 spiro atoms. The first kappa shape index (κ1) is 13.1. The summed E-state index contributed by atoms with van der Waals surface area (Å²) in [5.41, 5.74) is 1.25. The number of hydrogen-bond acceptors (Lipinski definition) is 4. The number of rotatable bonds is 3. The molecule has 5 heteroatoms. The molecule has 3 rings (SSSR count). The summed E-state index contributed by atoms with van der Waals surface area (Å²) in [7, 11) is 0. The van der Waals surface area contributed by atoms with Crippen molar-refractivity contribution in [2.75, 3.05) is 13.2 Å². The minimum absolute atomic E-state index is 0.0552. The third-order valence-electron chi connectivity index (χ3n) is 4.18. The van der Waals surface area contributed by atoms with Gasteiger partial charge in [0.2, 0.25) is 5.91 Å². The standard InChI is InChI=1S/C14H20N2O2S/c1-9(16-7-10(8-17)6-13(16)18)14-15-11-4-2-3-5-12(11)19-14/h9-10,17H,2-8H2,1H3. The van der Waals surface area contributed by atoms with Gasteiger partial charge in [0, 0.05) is 30.4 Å². The number of thiazole rings is 1. The lowest BCUT2D eigenvalue weighted by Crippen LogP contribution is -2.28. The molecule has 2 atom stereocenters. The Bertz CT molecular complexity index is 462. The molecule has 0 aromatic carbocycles. The highest BCUT2D eigenvalue weighted by molar-refractivity contribution is 7.11. The lowest BCUT2D eigenvalue weighted by atomic mass is 10.0. The molecule has 2 aliphatic rings. The minimum atomic E-state index is 0.0552. The zero-order chi connectivity index (χ0) is 13.4. The normalized spacial score (nSPS) is 24.6. The third kappa shape index (κ3) is 2.41. The predicted octanol–water partition coefficient (Wildman–Crippen LogP) is 1.92. The van der Waals surface area contributed by atoms with E-state index in [1.54, 1.807) is 11.3 Å². The summed E-state index contributed by atoms with van der Waals surface area (Å²) < 4.78 is 0. The van der Waals surface area contributed by atoms with Gasteiger partial charge in [0.05, 0.1) is 11.7 Å². The molecule has 1 amide bonds. The number of amides is 1. The number of likely N-dealkylation sites (tertiary alicyclic amines) is 1. The molecule has 1 aliphatic heterocycles. The Balaban J connectivity index is 1.78. The van der Waals surface area contributed by atoms with Gasteiger partial charge in [-0.25, -0.2) is 4.98 Å². The number of fused-ring (bicyclic) bond motifs is 1. The third-order valence-corrected chi connectivity index (χ3v) is 5.51. The molecule has 1 aromatic heterocycles. The average molecular weight is 280 g/mol. The molecule has 1 aliphatic carbocycles. The Labute approximate surface area is 117 Å². The lowest BCUT2D eigenvalue weighted by molar-refractivity contribution is -0.129. The fourth-order valence-electron chi connectivity index (χ4n) is 2.99. The van der Waals surface area contributed by atoms with Gasteiger partial charge in [-0.2, -0.15) is 0 Å². The summed E-state index contributed by atoms with van der Waals surface area (Å²) in [5, 5.41) is 10.3. The van der Waals surface area contributed by atoms with Gasteiger partial charge in [-0.05, 0) is 32.6 Å². The molecular weight excluding hydrogens is 260 g/mol. The highest BCUT2D eigenvalue weighted by Crippen LogP contribution is 2.34. The number of aliphatic hydroxyl groups excluding tert-OH is 1. The van der Waals surface area contributed by atoms with Gasteiger partial charge >= 0.3 is 0 Å². The van der Waals surface area contributed by atoms with Crippen molar-refractivity contribution in [2.45, 2.75) is 45.1 Å². The van der Waals surface area contributed by atoms with Crippen LogP contribution in [0.4, 0.5) is 0 Å². The van der Waals surface area contributed by atoms with Gasteiger partial charge in [-0.15, -0.1) is 11.3 Å². The van der Waals surface area contributed by atoms with Crippen molar-refractivity contribution < 1.29 is 9.90 Å². The number of hydrogen-bond donors (Lipinski definition) is 1. The van der Waals surface area contributed by atoms with E-state index < -0.39 is 0 Å². The number of aromatic nitrogens is 1. The van der Waals surface area contributed by atoms with E-state index >= 15 is 0 Å². The van der Waals surface area contributed by atoms with Crippen LogP contribution >= 0.6 is 11.3 Å². The second-order valence-corrected chi connectivity index (χ2v) is 6.72. The summed E-state index contributed by atoms with van der Waals surface area (Å²) in [6.45, 7) is 2.83. The van der Waals surface area contributed by atoms with Crippen LogP contribution in [-0.2, 0) is 17.6 Å². The monoisotopic (exact) mass is 280 g/mol. The van der Waals surface area contributed by atoms with Crippen LogP contribution in [0.3, 0.4) is 0 Å². The summed E-state index contributed by atoms with van der Waals surface area (Å²) in [4.78, 5) is 20.0. The first-order valence-corrected chi connectivity index (χ1v) is 7.89. The van der Waals surface area contributed by atoms with Crippen LogP contribution in [0.5, 0.6) is 0 Å². The Morgan fingerprint density at radius 1 is 1.47 bits per heavy atom. The van der Waals surface area contributed by atoms with Crippen LogP contribution in [0.2, 0.25) is 0 Å². The smallest absolute Gasteiger partial charge is 0.223 e. The fourth-order valence-corrected chi connectivity index (χ4v) is 4.21. The molecule has 1 fully saturated rings. The van der Waals surface area contributed by atoms with Crippen molar-refractivity contribution in [3.05, 3.63) is 15.6 Å². The van der Waals surface area contributed by atoms with Gasteiger partial charge < -0.3 is 10.0 Å². The summed E-state index contributed by atoms with van der Waals surface area (Å²) in [5.74, 6) is 0.254. The Morgan fingerprint density at radius 3 is 2.95 bits per heavy atom. The van der Waals surface area contributed by atoms with Gasteiger partial charge in [-0.1, -0.05) is 0 Å². The molecule has 19 heavy (non-hydrogen) atoms. The molecule has 0 saturated carbocycles. The Kier molecular flexibility index (Phi) is 3.58. The van der Waals surface area contributed by atoms with E-state index in [1.807, 2.05) is 4.90 Å². The van der Waals surface area contributed by atoms with Crippen LogP contribution in [0.1, 0.15) is 47.8 Å². The van der Waals surface area contributed by atoms with Crippen LogP contribution in [0, 0.1) is 5.92 Å². The van der Waals surface area contributed by atoms with Gasteiger partial charge in [0.25, 0.3) is 0 Å². The van der Waals surface area contributed by atoms with Gasteiger partial charge in [0.1, 0.15) is 5.01 Å². The molecule has 2 heterocycles. The van der Waals surface area contributed by atoms with Crippen LogP contribution in [-0.4, -0.2) is 34.0 Å². The van der Waals surface area contributed by atoms with Crippen molar-refractivity contribution in [3.63, 3.8) is 0 Å². The fraction of sp³-hybridized carbons (Fsp3) is 0.714. The highest BCUT2D eigenvalue weighted by Gasteiger charge is 2.34. The molecular formula is C14H20N2O2S. The molecule has 1 aromatic rings. The second kappa shape index (κ2) is 5.21. The maximum Gasteiger partial charge on any atom is 0.223 e. The zero-order valence-corrected chi connectivity index (χ0v) is 12.1. The van der Waals surface area contributed by atoms with E-state index in [-0.39, 0.29) is 24.5 Å². The van der Waals surface area contributed by atoms with E-state index in [1.165, 1.54) is 23.4 Å². The molecule has 2 unspecified atom stereocenters. The Hall–Kier alpha value is -0.940. The van der Waals surface area contributed by atoms with Crippen LogP contribution in [0.15, 0.2) is 0 Å². The van der Waals surface area contributed by atoms with E-state index in [2.05, 4.69) is 6.92 Å². The summed E-state index contributed by atoms with van der Waals surface area (Å²) in [6.07, 6.45) is 5.21. The quantitative estimate of drug-likeness (QED) is 0.920. The number of nitrogens with zero attached hydrogens (tertiary/aromatic N) is 2. The van der Waals surface area contributed by atoms with E-state index in [4.69, 9.17) is 4.98 Å².